The van der Waals surface area contributed by atoms with Gasteiger partial charge in [0.15, 0.2) is 27.6 Å². The molecule has 0 aliphatic carbocycles. The van der Waals surface area contributed by atoms with E-state index in [1.807, 2.05) is 38.1 Å². The number of aliphatic hydroxyl groups excluding tert-OH is 1. The lowest BCUT2D eigenvalue weighted by Gasteiger charge is -2.38. The van der Waals surface area contributed by atoms with Crippen LogP contribution in [0, 0.1) is 17.5 Å². The Labute approximate surface area is 415 Å². The Morgan fingerprint density at radius 3 is 1.54 bits per heavy atom. The van der Waals surface area contributed by atoms with Crippen LogP contribution >= 0.6 is 34.8 Å². The molecule has 23 heteroatoms. The van der Waals surface area contributed by atoms with Crippen molar-refractivity contribution in [1.82, 2.24) is 54.7 Å². The minimum Gasteiger partial charge on any atom is -0.494 e. The highest BCUT2D eigenvalue weighted by Gasteiger charge is 2.33. The van der Waals surface area contributed by atoms with Gasteiger partial charge in [-0.3, -0.25) is 9.59 Å². The number of para-hydroxylation sites is 2. The van der Waals surface area contributed by atoms with Gasteiger partial charge in [-0.15, -0.1) is 0 Å². The van der Waals surface area contributed by atoms with Crippen molar-refractivity contribution < 1.29 is 42.1 Å². The van der Waals surface area contributed by atoms with E-state index in [0.29, 0.717) is 42.0 Å². The number of ether oxygens (including phenoxy) is 3. The van der Waals surface area contributed by atoms with Crippen molar-refractivity contribution in [2.24, 2.45) is 0 Å². The highest BCUT2D eigenvalue weighted by Crippen LogP contribution is 2.29. The second-order valence-corrected chi connectivity index (χ2v) is 16.6. The number of methoxy groups -OCH3 is 2. The SMILES string of the molecule is COc1ccnc(Cl)c1F.COc1ccnc(O[C@@H]2CC[C@@H](C)N(C(=O)c3ccccc3-n3nccn3)C2)c1F.C[C@@H]1CC[C@@H](O)CN1C(=O)c1ccccc1-n1nccn1.Fc1c(Cl)ccnc1Cl. The van der Waals surface area contributed by atoms with Gasteiger partial charge in [0, 0.05) is 49.4 Å². The van der Waals surface area contributed by atoms with Gasteiger partial charge in [-0.05, 0) is 69.9 Å². The number of pyridine rings is 3. The van der Waals surface area contributed by atoms with Gasteiger partial charge < -0.3 is 29.1 Å². The number of hydrogen-bond donors (Lipinski definition) is 1. The summed E-state index contributed by atoms with van der Waals surface area (Å²) in [6.07, 6.45) is 12.6. The fraction of sp³-hybridized carbons (Fsp3) is 0.298. The van der Waals surface area contributed by atoms with E-state index in [1.54, 1.807) is 58.9 Å². The lowest BCUT2D eigenvalue weighted by molar-refractivity contribution is 0.0309. The predicted molar refractivity (Wildman–Crippen MR) is 253 cm³/mol. The molecule has 1 N–H and O–H groups in total. The van der Waals surface area contributed by atoms with E-state index in [9.17, 15) is 27.9 Å². The zero-order chi connectivity index (χ0) is 50.3. The third-order valence-electron chi connectivity index (χ3n) is 10.9. The third-order valence-corrected chi connectivity index (χ3v) is 11.7. The Morgan fingerprint density at radius 2 is 1.04 bits per heavy atom. The number of piperidine rings is 2. The van der Waals surface area contributed by atoms with Crippen LogP contribution in [0.15, 0.2) is 110 Å². The zero-order valence-corrected chi connectivity index (χ0v) is 40.4. The maximum absolute atomic E-state index is 14.4. The van der Waals surface area contributed by atoms with Gasteiger partial charge in [0.25, 0.3) is 17.7 Å². The van der Waals surface area contributed by atoms with Crippen molar-refractivity contribution in [3.05, 3.63) is 154 Å². The molecule has 9 rings (SSSR count). The molecule has 7 aromatic rings. The molecule has 0 bridgehead atoms. The fourth-order valence-corrected chi connectivity index (χ4v) is 7.73. The van der Waals surface area contributed by atoms with E-state index in [4.69, 9.17) is 44.3 Å². The molecule has 2 aliphatic heterocycles. The molecule has 17 nitrogen and oxygen atoms in total. The summed E-state index contributed by atoms with van der Waals surface area (Å²) in [6, 6.07) is 18.8. The van der Waals surface area contributed by atoms with Crippen LogP contribution in [0.25, 0.3) is 11.4 Å². The number of hydrogen-bond acceptors (Lipinski definition) is 13. The van der Waals surface area contributed by atoms with E-state index in [1.165, 1.54) is 60.6 Å². The summed E-state index contributed by atoms with van der Waals surface area (Å²) in [5.74, 6) is -2.11. The average Bonchev–Trinajstić information content (AvgIpc) is 4.13. The molecular weight excluding hydrogens is 978 g/mol. The van der Waals surface area contributed by atoms with Crippen molar-refractivity contribution in [3.63, 3.8) is 0 Å². The first kappa shape index (κ1) is 52.5. The standard InChI is InChI=1S/C21H22FN5O3.C15H18N4O2.C6H5ClFNO.C5H2Cl2FN/c1-14-7-8-15(30-20-19(22)18(29-2)9-10-23-20)13-26(14)21(28)16-5-3-4-6-17(16)27-24-11-12-25-27;1-11-6-7-12(20)10-18(11)15(21)13-4-2-3-5-14(13)19-16-8-9-17-19;1-10-4-2-3-9-6(7)5(4)8;6-3-1-2-9-5(7)4(3)8/h3-6,9-12,14-15H,7-8,13H2,1-2H3;2-5,8-9,11-12,20H,6-7,10H2,1H3;2-3H,1H3;1-2H/t14-,15-;11-,12-;;/m11../s1. The van der Waals surface area contributed by atoms with Gasteiger partial charge in [0.2, 0.25) is 11.6 Å². The quantitative estimate of drug-likeness (QED) is 0.143. The van der Waals surface area contributed by atoms with Crippen molar-refractivity contribution >= 4 is 46.6 Å². The Kier molecular flexibility index (Phi) is 18.8. The van der Waals surface area contributed by atoms with Crippen LogP contribution in [0.4, 0.5) is 13.2 Å². The second-order valence-electron chi connectivity index (χ2n) is 15.5. The Bertz CT molecular complexity index is 2800. The zero-order valence-electron chi connectivity index (χ0n) is 38.1. The minimum atomic E-state index is -0.666. The molecule has 2 aromatic carbocycles. The number of carbonyl (C=O) groups excluding carboxylic acids is 2. The van der Waals surface area contributed by atoms with Crippen LogP contribution in [0.1, 0.15) is 60.2 Å². The lowest BCUT2D eigenvalue weighted by Crippen LogP contribution is -2.49. The highest BCUT2D eigenvalue weighted by molar-refractivity contribution is 6.34. The van der Waals surface area contributed by atoms with Crippen LogP contribution in [-0.4, -0.2) is 123 Å². The van der Waals surface area contributed by atoms with Gasteiger partial charge in [0.1, 0.15) is 6.10 Å². The fourth-order valence-electron chi connectivity index (χ4n) is 7.23. The number of β-amino-alcohol motifs (C(OH)–C–C–N with tert-alkyl or cyclic N) is 1. The first-order chi connectivity index (χ1) is 33.7. The van der Waals surface area contributed by atoms with Crippen LogP contribution in [-0.2, 0) is 0 Å². The minimum absolute atomic E-state index is 0.00463. The number of amides is 2. The van der Waals surface area contributed by atoms with Gasteiger partial charge in [-0.25, -0.2) is 19.3 Å². The molecule has 70 heavy (non-hydrogen) atoms. The second kappa shape index (κ2) is 25.1. The van der Waals surface area contributed by atoms with Crippen LogP contribution in [0.5, 0.6) is 17.4 Å². The van der Waals surface area contributed by atoms with Crippen molar-refractivity contribution in [2.75, 3.05) is 27.3 Å². The smallest absolute Gasteiger partial charge is 0.256 e. The Morgan fingerprint density at radius 1 is 0.586 bits per heavy atom. The molecule has 368 valence electrons. The topological polar surface area (TPSA) is 189 Å². The van der Waals surface area contributed by atoms with Crippen molar-refractivity contribution in [1.29, 1.82) is 0 Å². The largest absolute Gasteiger partial charge is 0.494 e. The van der Waals surface area contributed by atoms with Gasteiger partial charge >= 0.3 is 0 Å². The monoisotopic (exact) mass is 1020 g/mol. The molecule has 2 aliphatic rings. The number of halogens is 6. The lowest BCUT2D eigenvalue weighted by atomic mass is 9.99. The molecule has 2 saturated heterocycles. The van der Waals surface area contributed by atoms with Gasteiger partial charge in [-0.1, -0.05) is 59.1 Å². The van der Waals surface area contributed by atoms with Gasteiger partial charge in [-0.2, -0.15) is 38.8 Å². The summed E-state index contributed by atoms with van der Waals surface area (Å²) in [5.41, 5.74) is 2.30. The highest BCUT2D eigenvalue weighted by atomic mass is 35.5. The van der Waals surface area contributed by atoms with Crippen LogP contribution < -0.4 is 14.2 Å². The maximum Gasteiger partial charge on any atom is 0.256 e. The third kappa shape index (κ3) is 13.3. The van der Waals surface area contributed by atoms with Crippen molar-refractivity contribution in [2.45, 2.75) is 63.8 Å². The van der Waals surface area contributed by atoms with E-state index in [2.05, 4.69) is 40.1 Å². The number of aromatic nitrogens is 9. The van der Waals surface area contributed by atoms with Crippen LogP contribution in [0.3, 0.4) is 0 Å². The maximum atomic E-state index is 14.4. The van der Waals surface area contributed by atoms with E-state index in [-0.39, 0.29) is 62.7 Å². The number of rotatable bonds is 8. The first-order valence-corrected chi connectivity index (χ1v) is 22.7. The molecule has 0 radical (unpaired) electrons. The molecule has 2 fully saturated rings. The number of likely N-dealkylation sites (tertiary alicyclic amines) is 2. The number of aliphatic hydroxyl groups is 1. The first-order valence-electron chi connectivity index (χ1n) is 21.6. The predicted octanol–water partition coefficient (Wildman–Crippen LogP) is 8.55. The summed E-state index contributed by atoms with van der Waals surface area (Å²) in [4.78, 5) is 43.5. The van der Waals surface area contributed by atoms with E-state index >= 15 is 0 Å². The molecule has 4 atom stereocenters. The summed E-state index contributed by atoms with van der Waals surface area (Å²) in [7, 11) is 2.76. The summed E-state index contributed by atoms with van der Waals surface area (Å²) >= 11 is 15.9. The molecule has 0 spiro atoms. The number of carbonyl (C=O) groups is 2. The normalized spacial score (nSPS) is 17.4. The molecule has 0 unspecified atom stereocenters. The van der Waals surface area contributed by atoms with E-state index in [0.717, 1.165) is 19.3 Å². The van der Waals surface area contributed by atoms with Crippen LogP contribution in [0.2, 0.25) is 15.3 Å². The molecule has 0 saturated carbocycles. The number of nitrogens with zero attached hydrogens (tertiary/aromatic N) is 11. The molecular formula is C47H47Cl3F3N11O6. The van der Waals surface area contributed by atoms with Crippen molar-refractivity contribution in [3.8, 4) is 28.8 Å². The Hall–Kier alpha value is -6.87. The van der Waals surface area contributed by atoms with E-state index < -0.39 is 23.6 Å². The average molecular weight is 1030 g/mol. The Balaban J connectivity index is 0.000000172. The summed E-state index contributed by atoms with van der Waals surface area (Å²) in [5, 5.41) is 25.9. The summed E-state index contributed by atoms with van der Waals surface area (Å²) < 4.78 is 54.9. The number of benzene rings is 2. The summed E-state index contributed by atoms with van der Waals surface area (Å²) in [6.45, 7) is 4.70. The molecule has 5 aromatic heterocycles. The molecule has 7 heterocycles. The molecule has 2 amide bonds. The van der Waals surface area contributed by atoms with Gasteiger partial charge in [0.05, 0.1) is 79.2 Å².